The third kappa shape index (κ3) is 2.09. The Morgan fingerprint density at radius 3 is 2.21 bits per heavy atom. The van der Waals surface area contributed by atoms with Crippen LogP contribution in [0.1, 0.15) is 20.3 Å². The number of rotatable bonds is 2. The molecule has 7 heteroatoms. The Kier molecular flexibility index (Phi) is 2.71. The molecule has 1 saturated heterocycles. The molecule has 0 aromatic heterocycles. The van der Waals surface area contributed by atoms with Crippen molar-refractivity contribution < 1.29 is 16.8 Å². The zero-order valence-corrected chi connectivity index (χ0v) is 9.86. The Morgan fingerprint density at radius 2 is 1.93 bits per heavy atom. The number of sulfone groups is 1. The molecule has 1 aliphatic rings. The smallest absolute Gasteiger partial charge is 0.209 e. The van der Waals surface area contributed by atoms with Crippen molar-refractivity contribution in [2.75, 3.05) is 11.5 Å². The first-order chi connectivity index (χ1) is 6.06. The molecule has 2 N–H and O–H groups in total. The molecule has 5 nitrogen and oxygen atoms in total. The van der Waals surface area contributed by atoms with Gasteiger partial charge in [-0.15, -0.1) is 0 Å². The van der Waals surface area contributed by atoms with Crippen LogP contribution in [0.3, 0.4) is 0 Å². The summed E-state index contributed by atoms with van der Waals surface area (Å²) in [6.45, 7) is 3.12. The van der Waals surface area contributed by atoms with Crippen LogP contribution < -0.4 is 5.14 Å². The molecule has 0 aromatic carbocycles. The number of hydrogen-bond acceptors (Lipinski definition) is 4. The van der Waals surface area contributed by atoms with Gasteiger partial charge in [0.25, 0.3) is 0 Å². The van der Waals surface area contributed by atoms with Gasteiger partial charge in [-0.2, -0.15) is 0 Å². The topological polar surface area (TPSA) is 94.3 Å². The van der Waals surface area contributed by atoms with E-state index in [2.05, 4.69) is 0 Å². The standard InChI is InChI=1S/C7H15NO4S2/c1-7(2)6(5-14(8,11)12)3-4-13(7,9)10/h6H,3-5H2,1-2H3,(H2,8,11,12). The monoisotopic (exact) mass is 241 g/mol. The van der Waals surface area contributed by atoms with Crippen molar-refractivity contribution in [3.63, 3.8) is 0 Å². The molecule has 1 aliphatic heterocycles. The molecule has 84 valence electrons. The Labute approximate surface area is 84.6 Å². The average Bonchev–Trinajstić information content (AvgIpc) is 2.10. The van der Waals surface area contributed by atoms with E-state index >= 15 is 0 Å². The van der Waals surface area contributed by atoms with Crippen LogP contribution in [0, 0.1) is 5.92 Å². The van der Waals surface area contributed by atoms with E-state index in [0.717, 1.165) is 0 Å². The molecule has 0 radical (unpaired) electrons. The highest BCUT2D eigenvalue weighted by Crippen LogP contribution is 2.37. The van der Waals surface area contributed by atoms with Crippen LogP contribution in [-0.2, 0) is 19.9 Å². The molecular weight excluding hydrogens is 226 g/mol. The van der Waals surface area contributed by atoms with Crippen molar-refractivity contribution in [1.82, 2.24) is 0 Å². The Bertz CT molecular complexity index is 421. The highest BCUT2D eigenvalue weighted by molar-refractivity contribution is 7.93. The third-order valence-corrected chi connectivity index (χ3v) is 6.53. The molecule has 0 bridgehead atoms. The molecule has 0 aromatic rings. The summed E-state index contributed by atoms with van der Waals surface area (Å²) in [5.41, 5.74) is 0. The predicted octanol–water partition coefficient (Wildman–Crippen LogP) is -0.512. The Hall–Kier alpha value is -0.140. The summed E-state index contributed by atoms with van der Waals surface area (Å²) in [4.78, 5) is 0. The van der Waals surface area contributed by atoms with Gasteiger partial charge in [0.1, 0.15) is 0 Å². The first-order valence-electron chi connectivity index (χ1n) is 4.29. The van der Waals surface area contributed by atoms with Gasteiger partial charge >= 0.3 is 0 Å². The van der Waals surface area contributed by atoms with E-state index in [1.165, 1.54) is 0 Å². The van der Waals surface area contributed by atoms with Crippen LogP contribution in [0.15, 0.2) is 0 Å². The fourth-order valence-corrected chi connectivity index (χ4v) is 4.81. The van der Waals surface area contributed by atoms with Gasteiger partial charge in [-0.1, -0.05) is 0 Å². The van der Waals surface area contributed by atoms with E-state index in [1.54, 1.807) is 13.8 Å². The van der Waals surface area contributed by atoms with E-state index in [4.69, 9.17) is 5.14 Å². The van der Waals surface area contributed by atoms with Crippen molar-refractivity contribution in [2.24, 2.45) is 11.1 Å². The molecule has 0 spiro atoms. The van der Waals surface area contributed by atoms with Gasteiger partial charge in [0.2, 0.25) is 10.0 Å². The van der Waals surface area contributed by atoms with Gasteiger partial charge in [-0.25, -0.2) is 22.0 Å². The molecule has 0 amide bonds. The van der Waals surface area contributed by atoms with Crippen LogP contribution in [0.25, 0.3) is 0 Å². The highest BCUT2D eigenvalue weighted by atomic mass is 32.2. The second-order valence-electron chi connectivity index (χ2n) is 4.24. The maximum Gasteiger partial charge on any atom is 0.209 e. The van der Waals surface area contributed by atoms with E-state index in [1.807, 2.05) is 0 Å². The van der Waals surface area contributed by atoms with Crippen molar-refractivity contribution >= 4 is 19.9 Å². The minimum atomic E-state index is -3.59. The van der Waals surface area contributed by atoms with Crippen molar-refractivity contribution in [2.45, 2.75) is 25.0 Å². The number of hydrogen-bond donors (Lipinski definition) is 1. The lowest BCUT2D eigenvalue weighted by Crippen LogP contribution is -2.38. The molecular formula is C7H15NO4S2. The predicted molar refractivity (Wildman–Crippen MR) is 53.9 cm³/mol. The highest BCUT2D eigenvalue weighted by Gasteiger charge is 2.48. The van der Waals surface area contributed by atoms with Crippen molar-refractivity contribution in [1.29, 1.82) is 0 Å². The second-order valence-corrected chi connectivity index (χ2v) is 8.59. The normalized spacial score (nSPS) is 30.4. The van der Waals surface area contributed by atoms with E-state index in [-0.39, 0.29) is 17.4 Å². The van der Waals surface area contributed by atoms with Crippen LogP contribution >= 0.6 is 0 Å². The Balaban J connectivity index is 2.98. The van der Waals surface area contributed by atoms with Gasteiger partial charge in [-0.05, 0) is 26.2 Å². The van der Waals surface area contributed by atoms with Gasteiger partial charge in [0.05, 0.1) is 16.3 Å². The van der Waals surface area contributed by atoms with Crippen LogP contribution in [-0.4, -0.2) is 33.1 Å². The Morgan fingerprint density at radius 1 is 1.43 bits per heavy atom. The SMILES string of the molecule is CC1(C)C(CS(N)(=O)=O)CCS1(=O)=O. The zero-order valence-electron chi connectivity index (χ0n) is 8.23. The number of nitrogens with two attached hydrogens (primary N) is 1. The summed E-state index contributed by atoms with van der Waals surface area (Å²) in [6, 6.07) is 0. The molecule has 0 saturated carbocycles. The molecule has 1 rings (SSSR count). The lowest BCUT2D eigenvalue weighted by Gasteiger charge is -2.24. The van der Waals surface area contributed by atoms with E-state index < -0.39 is 24.6 Å². The molecule has 14 heavy (non-hydrogen) atoms. The number of primary sulfonamides is 1. The van der Waals surface area contributed by atoms with Gasteiger partial charge in [0.15, 0.2) is 9.84 Å². The summed E-state index contributed by atoms with van der Waals surface area (Å²) < 4.78 is 43.9. The minimum Gasteiger partial charge on any atom is -0.229 e. The summed E-state index contributed by atoms with van der Waals surface area (Å²) in [5.74, 6) is -0.582. The quantitative estimate of drug-likeness (QED) is 0.704. The molecule has 1 unspecified atom stereocenters. The maximum atomic E-state index is 11.5. The van der Waals surface area contributed by atoms with Gasteiger partial charge in [0, 0.05) is 0 Å². The fourth-order valence-electron chi connectivity index (χ4n) is 1.73. The zero-order chi connectivity index (χ0) is 11.2. The van der Waals surface area contributed by atoms with Crippen molar-refractivity contribution in [3.05, 3.63) is 0 Å². The lowest BCUT2D eigenvalue weighted by atomic mass is 9.95. The van der Waals surface area contributed by atoms with Crippen LogP contribution in [0.5, 0.6) is 0 Å². The number of sulfonamides is 1. The summed E-state index contributed by atoms with van der Waals surface area (Å²) in [7, 11) is -6.76. The minimum absolute atomic E-state index is 0.0557. The lowest BCUT2D eigenvalue weighted by molar-refractivity contribution is 0.452. The molecule has 1 heterocycles. The first-order valence-corrected chi connectivity index (χ1v) is 7.66. The van der Waals surface area contributed by atoms with E-state index in [0.29, 0.717) is 6.42 Å². The largest absolute Gasteiger partial charge is 0.229 e. The van der Waals surface area contributed by atoms with E-state index in [9.17, 15) is 16.8 Å². The molecule has 1 fully saturated rings. The van der Waals surface area contributed by atoms with Crippen molar-refractivity contribution in [3.8, 4) is 0 Å². The molecule has 1 atom stereocenters. The van der Waals surface area contributed by atoms with Gasteiger partial charge < -0.3 is 0 Å². The maximum absolute atomic E-state index is 11.5. The third-order valence-electron chi connectivity index (χ3n) is 2.95. The average molecular weight is 241 g/mol. The second kappa shape index (κ2) is 3.18. The fraction of sp³-hybridized carbons (Fsp3) is 1.00. The van der Waals surface area contributed by atoms with Gasteiger partial charge in [-0.3, -0.25) is 0 Å². The first kappa shape index (κ1) is 11.9. The molecule has 0 aliphatic carbocycles. The summed E-state index contributed by atoms with van der Waals surface area (Å²) in [5, 5.41) is 4.90. The van der Waals surface area contributed by atoms with Crippen LogP contribution in [0.4, 0.5) is 0 Å². The summed E-state index contributed by atoms with van der Waals surface area (Å²) >= 11 is 0. The van der Waals surface area contributed by atoms with Crippen LogP contribution in [0.2, 0.25) is 0 Å². The summed E-state index contributed by atoms with van der Waals surface area (Å²) in [6.07, 6.45) is 0.381.